The predicted octanol–water partition coefficient (Wildman–Crippen LogP) is 3.33. The van der Waals surface area contributed by atoms with Crippen LogP contribution in [0.4, 0.5) is 0 Å². The number of benzene rings is 1. The van der Waals surface area contributed by atoms with E-state index >= 15 is 0 Å². The van der Waals surface area contributed by atoms with Gasteiger partial charge in [-0.25, -0.2) is 0 Å². The molecule has 2 heteroatoms. The van der Waals surface area contributed by atoms with Crippen molar-refractivity contribution in [2.24, 2.45) is 5.41 Å². The van der Waals surface area contributed by atoms with Crippen LogP contribution in [0.1, 0.15) is 26.7 Å². The quantitative estimate of drug-likeness (QED) is 0.789. The van der Waals surface area contributed by atoms with Crippen LogP contribution in [0.3, 0.4) is 0 Å². The number of aliphatic hydroxyl groups is 1. The maximum atomic E-state index is 10.1. The number of thioether (sulfide) groups is 1. The van der Waals surface area contributed by atoms with Gasteiger partial charge in [-0.3, -0.25) is 0 Å². The Kier molecular flexibility index (Phi) is 2.82. The molecule has 0 atom stereocenters. The van der Waals surface area contributed by atoms with Crippen LogP contribution in [0.5, 0.6) is 0 Å². The molecule has 1 aromatic carbocycles. The Bertz CT molecular complexity index is 322. The SMILES string of the molecule is CC(C)(O)C1(CSc2ccccc2)CC1. The van der Waals surface area contributed by atoms with Gasteiger partial charge in [0.05, 0.1) is 5.60 Å². The molecule has 2 rings (SSSR count). The Morgan fingerprint density at radius 3 is 2.33 bits per heavy atom. The molecule has 1 aliphatic carbocycles. The van der Waals surface area contributed by atoms with Crippen molar-refractivity contribution in [3.05, 3.63) is 30.3 Å². The highest BCUT2D eigenvalue weighted by Gasteiger charge is 2.53. The second kappa shape index (κ2) is 3.84. The van der Waals surface area contributed by atoms with Crippen molar-refractivity contribution >= 4 is 11.8 Å². The van der Waals surface area contributed by atoms with Gasteiger partial charge in [0.1, 0.15) is 0 Å². The van der Waals surface area contributed by atoms with E-state index in [2.05, 4.69) is 24.3 Å². The minimum Gasteiger partial charge on any atom is -0.390 e. The number of hydrogen-bond donors (Lipinski definition) is 1. The third kappa shape index (κ3) is 2.37. The van der Waals surface area contributed by atoms with Crippen molar-refractivity contribution in [1.82, 2.24) is 0 Å². The largest absolute Gasteiger partial charge is 0.390 e. The Balaban J connectivity index is 1.95. The van der Waals surface area contributed by atoms with Gasteiger partial charge in [-0.05, 0) is 38.8 Å². The van der Waals surface area contributed by atoms with Gasteiger partial charge in [0.15, 0.2) is 0 Å². The zero-order valence-electron chi connectivity index (χ0n) is 9.36. The summed E-state index contributed by atoms with van der Waals surface area (Å²) in [5, 5.41) is 10.1. The zero-order valence-corrected chi connectivity index (χ0v) is 10.2. The number of hydrogen-bond acceptors (Lipinski definition) is 2. The van der Waals surface area contributed by atoms with E-state index in [1.165, 1.54) is 4.90 Å². The molecule has 1 nitrogen and oxygen atoms in total. The van der Waals surface area contributed by atoms with Crippen LogP contribution in [0.25, 0.3) is 0 Å². The van der Waals surface area contributed by atoms with Gasteiger partial charge in [0, 0.05) is 16.1 Å². The van der Waals surface area contributed by atoms with Crippen molar-refractivity contribution in [3.63, 3.8) is 0 Å². The van der Waals surface area contributed by atoms with Gasteiger partial charge in [0.2, 0.25) is 0 Å². The van der Waals surface area contributed by atoms with Crippen molar-refractivity contribution in [2.75, 3.05) is 5.75 Å². The van der Waals surface area contributed by atoms with Crippen LogP contribution in [0, 0.1) is 5.41 Å². The fourth-order valence-electron chi connectivity index (χ4n) is 1.82. The monoisotopic (exact) mass is 222 g/mol. The van der Waals surface area contributed by atoms with Crippen LogP contribution >= 0.6 is 11.8 Å². The summed E-state index contributed by atoms with van der Waals surface area (Å²) in [5.74, 6) is 1.03. The van der Waals surface area contributed by atoms with Crippen LogP contribution in [0.15, 0.2) is 35.2 Å². The molecule has 1 N–H and O–H groups in total. The fraction of sp³-hybridized carbons (Fsp3) is 0.538. The van der Waals surface area contributed by atoms with Gasteiger partial charge in [-0.15, -0.1) is 11.8 Å². The molecule has 0 spiro atoms. The molecule has 1 aromatic rings. The summed E-state index contributed by atoms with van der Waals surface area (Å²) in [6.07, 6.45) is 2.33. The first kappa shape index (κ1) is 11.0. The fourth-order valence-corrected chi connectivity index (χ4v) is 3.26. The van der Waals surface area contributed by atoms with Gasteiger partial charge in [-0.2, -0.15) is 0 Å². The first-order valence-electron chi connectivity index (χ1n) is 5.44. The van der Waals surface area contributed by atoms with E-state index in [0.717, 1.165) is 18.6 Å². The highest BCUT2D eigenvalue weighted by molar-refractivity contribution is 7.99. The Hall–Kier alpha value is -0.470. The second-order valence-electron chi connectivity index (χ2n) is 4.94. The lowest BCUT2D eigenvalue weighted by molar-refractivity contribution is 0.0135. The van der Waals surface area contributed by atoms with E-state index in [1.54, 1.807) is 0 Å². The summed E-state index contributed by atoms with van der Waals surface area (Å²) in [5.41, 5.74) is -0.373. The van der Waals surface area contributed by atoms with Gasteiger partial charge >= 0.3 is 0 Å². The van der Waals surface area contributed by atoms with Crippen LogP contribution < -0.4 is 0 Å². The summed E-state index contributed by atoms with van der Waals surface area (Å²) < 4.78 is 0. The van der Waals surface area contributed by atoms with Gasteiger partial charge < -0.3 is 5.11 Å². The Morgan fingerprint density at radius 1 is 1.27 bits per heavy atom. The Labute approximate surface area is 95.9 Å². The lowest BCUT2D eigenvalue weighted by Crippen LogP contribution is -2.34. The molecule has 0 aliphatic heterocycles. The molecule has 0 saturated heterocycles. The maximum absolute atomic E-state index is 10.1. The standard InChI is InChI=1S/C13H18OS/c1-12(2,14)13(8-9-13)10-15-11-6-4-3-5-7-11/h3-7,14H,8-10H2,1-2H3. The molecule has 1 fully saturated rings. The lowest BCUT2D eigenvalue weighted by atomic mass is 9.90. The van der Waals surface area contributed by atoms with Crippen LogP contribution in [-0.4, -0.2) is 16.5 Å². The molecular weight excluding hydrogens is 204 g/mol. The summed E-state index contributed by atoms with van der Waals surface area (Å²) >= 11 is 1.86. The topological polar surface area (TPSA) is 20.2 Å². The average molecular weight is 222 g/mol. The molecule has 0 amide bonds. The molecule has 82 valence electrons. The molecule has 0 heterocycles. The van der Waals surface area contributed by atoms with Crippen molar-refractivity contribution in [2.45, 2.75) is 37.2 Å². The summed E-state index contributed by atoms with van der Waals surface area (Å²) in [6, 6.07) is 10.4. The molecule has 0 unspecified atom stereocenters. The summed E-state index contributed by atoms with van der Waals surface area (Å²) in [7, 11) is 0. The minimum absolute atomic E-state index is 0.160. The molecular formula is C13H18OS. The van der Waals surface area contributed by atoms with E-state index in [9.17, 15) is 5.11 Å². The van der Waals surface area contributed by atoms with E-state index in [1.807, 2.05) is 31.7 Å². The molecule has 0 radical (unpaired) electrons. The molecule has 1 aliphatic rings. The highest BCUT2D eigenvalue weighted by atomic mass is 32.2. The molecule has 15 heavy (non-hydrogen) atoms. The second-order valence-corrected chi connectivity index (χ2v) is 5.99. The van der Waals surface area contributed by atoms with Crippen molar-refractivity contribution in [1.29, 1.82) is 0 Å². The average Bonchev–Trinajstić information content (AvgIpc) is 2.96. The molecule has 0 aromatic heterocycles. The van der Waals surface area contributed by atoms with E-state index in [4.69, 9.17) is 0 Å². The van der Waals surface area contributed by atoms with Crippen LogP contribution in [-0.2, 0) is 0 Å². The normalized spacial score (nSPS) is 18.9. The minimum atomic E-state index is -0.533. The number of rotatable bonds is 4. The van der Waals surface area contributed by atoms with Crippen molar-refractivity contribution < 1.29 is 5.11 Å². The molecule has 0 bridgehead atoms. The first-order valence-corrected chi connectivity index (χ1v) is 6.42. The van der Waals surface area contributed by atoms with Crippen molar-refractivity contribution in [3.8, 4) is 0 Å². The van der Waals surface area contributed by atoms with Crippen LogP contribution in [0.2, 0.25) is 0 Å². The third-order valence-corrected chi connectivity index (χ3v) is 4.71. The lowest BCUT2D eigenvalue weighted by Gasteiger charge is -2.29. The maximum Gasteiger partial charge on any atom is 0.0655 e. The van der Waals surface area contributed by atoms with Gasteiger partial charge in [-0.1, -0.05) is 18.2 Å². The van der Waals surface area contributed by atoms with E-state index in [-0.39, 0.29) is 5.41 Å². The van der Waals surface area contributed by atoms with E-state index in [0.29, 0.717) is 0 Å². The van der Waals surface area contributed by atoms with E-state index < -0.39 is 5.60 Å². The first-order chi connectivity index (χ1) is 7.04. The molecule has 1 saturated carbocycles. The van der Waals surface area contributed by atoms with Gasteiger partial charge in [0.25, 0.3) is 0 Å². The predicted molar refractivity (Wildman–Crippen MR) is 65.1 cm³/mol. The summed E-state index contributed by atoms with van der Waals surface area (Å²) in [4.78, 5) is 1.30. The highest BCUT2D eigenvalue weighted by Crippen LogP contribution is 2.56. The smallest absolute Gasteiger partial charge is 0.0655 e. The Morgan fingerprint density at radius 2 is 1.87 bits per heavy atom. The zero-order chi connectivity index (χ0) is 10.9. The summed E-state index contributed by atoms with van der Waals surface area (Å²) in [6.45, 7) is 3.87. The third-order valence-electron chi connectivity index (χ3n) is 3.41.